The summed E-state index contributed by atoms with van der Waals surface area (Å²) in [5, 5.41) is 0. The first-order valence-corrected chi connectivity index (χ1v) is 5.48. The van der Waals surface area contributed by atoms with E-state index >= 15 is 0 Å². The van der Waals surface area contributed by atoms with Gasteiger partial charge in [0.2, 0.25) is 7.85 Å². The van der Waals surface area contributed by atoms with Crippen LogP contribution in [0, 0.1) is 5.92 Å². The van der Waals surface area contributed by atoms with Crippen molar-refractivity contribution in [3.8, 4) is 0 Å². The zero-order chi connectivity index (χ0) is 12.1. The number of ketones is 1. The van der Waals surface area contributed by atoms with Crippen molar-refractivity contribution in [3.05, 3.63) is 0 Å². The summed E-state index contributed by atoms with van der Waals surface area (Å²) in [6.07, 6.45) is 0.474. The van der Waals surface area contributed by atoms with E-state index in [1.165, 1.54) is 7.85 Å². The zero-order valence-corrected chi connectivity index (χ0v) is 9.69. The predicted molar refractivity (Wildman–Crippen MR) is 59.9 cm³/mol. The third-order valence-corrected chi connectivity index (χ3v) is 2.71. The van der Waals surface area contributed by atoms with Crippen LogP contribution in [0.4, 0.5) is 4.79 Å². The number of likely N-dealkylation sites (tertiary alicyclic amines) is 1. The number of carbonyl (C=O) groups excluding carboxylic acids is 3. The molecule has 1 atom stereocenters. The van der Waals surface area contributed by atoms with Crippen LogP contribution < -0.4 is 0 Å². The smallest absolute Gasteiger partial charge is 0.313 e. The van der Waals surface area contributed by atoms with Gasteiger partial charge in [0, 0.05) is 19.0 Å². The third-order valence-electron chi connectivity index (χ3n) is 2.71. The molecule has 1 amide bonds. The summed E-state index contributed by atoms with van der Waals surface area (Å²) in [6, 6.07) is 0. The Morgan fingerprint density at radius 3 is 2.62 bits per heavy atom. The van der Waals surface area contributed by atoms with Crippen LogP contribution in [0.5, 0.6) is 0 Å². The van der Waals surface area contributed by atoms with Crippen molar-refractivity contribution in [2.45, 2.75) is 19.8 Å². The summed E-state index contributed by atoms with van der Waals surface area (Å²) >= 11 is 0. The largest absolute Gasteiger partial charge is 0.466 e. The topological polar surface area (TPSA) is 63.7 Å². The van der Waals surface area contributed by atoms with Gasteiger partial charge in [0.15, 0.2) is 5.81 Å². The predicted octanol–water partition coefficient (Wildman–Crippen LogP) is -0.416. The van der Waals surface area contributed by atoms with Gasteiger partial charge in [-0.15, -0.1) is 0 Å². The number of carbonyl (C=O) groups is 3. The molecule has 0 N–H and O–H groups in total. The lowest BCUT2D eigenvalue weighted by Gasteiger charge is -2.13. The summed E-state index contributed by atoms with van der Waals surface area (Å²) in [7, 11) is 1.48. The molecule has 0 aromatic rings. The van der Waals surface area contributed by atoms with Gasteiger partial charge in [0.1, 0.15) is 12.2 Å². The van der Waals surface area contributed by atoms with Crippen molar-refractivity contribution in [3.63, 3.8) is 0 Å². The molecule has 16 heavy (non-hydrogen) atoms. The lowest BCUT2D eigenvalue weighted by atomic mass is 10.0. The molecule has 1 aliphatic rings. The van der Waals surface area contributed by atoms with E-state index in [-0.39, 0.29) is 30.5 Å². The van der Waals surface area contributed by atoms with Gasteiger partial charge in [-0.25, -0.2) is 0 Å². The Kier molecular flexibility index (Phi) is 4.52. The Morgan fingerprint density at radius 1 is 1.44 bits per heavy atom. The summed E-state index contributed by atoms with van der Waals surface area (Å²) < 4.78 is 4.71. The average molecular weight is 225 g/mol. The van der Waals surface area contributed by atoms with Crippen molar-refractivity contribution in [2.75, 3.05) is 19.7 Å². The molecule has 0 bridgehead atoms. The lowest BCUT2D eigenvalue weighted by molar-refractivity contribution is -0.146. The molecular formula is C10H16BNO4. The quantitative estimate of drug-likeness (QED) is 0.370. The van der Waals surface area contributed by atoms with Gasteiger partial charge in [0.05, 0.1) is 6.61 Å². The fourth-order valence-corrected chi connectivity index (χ4v) is 1.81. The first-order valence-electron chi connectivity index (χ1n) is 5.48. The summed E-state index contributed by atoms with van der Waals surface area (Å²) in [6.45, 7) is 3.04. The molecule has 0 aromatic carbocycles. The molecular weight excluding hydrogens is 209 g/mol. The minimum absolute atomic E-state index is 0.0218. The first-order chi connectivity index (χ1) is 7.54. The van der Waals surface area contributed by atoms with E-state index in [1.54, 1.807) is 11.8 Å². The number of Topliss-reactive ketones (excluding diaryl/α,β-unsaturated/α-hetero) is 1. The SMILES string of the molecule is BC(=O)N1CCC(C(=O)CC(=O)OCC)C1. The highest BCUT2D eigenvalue weighted by atomic mass is 16.5. The lowest BCUT2D eigenvalue weighted by Crippen LogP contribution is -2.29. The van der Waals surface area contributed by atoms with Crippen LogP contribution >= 0.6 is 0 Å². The molecule has 6 heteroatoms. The molecule has 0 radical (unpaired) electrons. The van der Waals surface area contributed by atoms with Gasteiger partial charge in [0.25, 0.3) is 0 Å². The van der Waals surface area contributed by atoms with Crippen molar-refractivity contribution < 1.29 is 19.1 Å². The van der Waals surface area contributed by atoms with Gasteiger partial charge in [-0.05, 0) is 13.3 Å². The molecule has 0 aromatic heterocycles. The Hall–Kier alpha value is -1.33. The van der Waals surface area contributed by atoms with E-state index in [0.717, 1.165) is 0 Å². The molecule has 1 heterocycles. The molecule has 0 aliphatic carbocycles. The fraction of sp³-hybridized carbons (Fsp3) is 0.700. The van der Waals surface area contributed by atoms with Crippen LogP contribution in [0.15, 0.2) is 0 Å². The average Bonchev–Trinajstić information content (AvgIpc) is 2.66. The summed E-state index contributed by atoms with van der Waals surface area (Å²) in [5.41, 5.74) is 0. The molecule has 1 aliphatic heterocycles. The Morgan fingerprint density at radius 2 is 2.12 bits per heavy atom. The number of esters is 1. The van der Waals surface area contributed by atoms with Crippen LogP contribution in [0.2, 0.25) is 0 Å². The summed E-state index contributed by atoms with van der Waals surface area (Å²) in [5.74, 6) is -0.823. The standard InChI is InChI=1S/C10H16BNO4/c1-2-16-9(14)5-8(13)7-3-4-12(6-7)10(11)15/h7H,2-6,11H2,1H3. The van der Waals surface area contributed by atoms with Gasteiger partial charge in [-0.3, -0.25) is 14.4 Å². The van der Waals surface area contributed by atoms with Crippen molar-refractivity contribution in [2.24, 2.45) is 5.92 Å². The second kappa shape index (κ2) is 5.68. The minimum atomic E-state index is -0.478. The number of hydrogen-bond donors (Lipinski definition) is 0. The van der Waals surface area contributed by atoms with Crippen LogP contribution in [-0.4, -0.2) is 50.0 Å². The number of amides is 1. The van der Waals surface area contributed by atoms with E-state index in [1.807, 2.05) is 0 Å². The van der Waals surface area contributed by atoms with E-state index in [9.17, 15) is 14.4 Å². The Balaban J connectivity index is 2.39. The molecule has 0 saturated carbocycles. The monoisotopic (exact) mass is 225 g/mol. The highest BCUT2D eigenvalue weighted by molar-refractivity contribution is 6.56. The second-order valence-corrected chi connectivity index (χ2v) is 3.90. The van der Waals surface area contributed by atoms with Crippen molar-refractivity contribution in [1.82, 2.24) is 4.90 Å². The second-order valence-electron chi connectivity index (χ2n) is 3.90. The van der Waals surface area contributed by atoms with Crippen LogP contribution in [0.1, 0.15) is 19.8 Å². The molecule has 1 fully saturated rings. The molecule has 0 spiro atoms. The van der Waals surface area contributed by atoms with Crippen LogP contribution in [-0.2, 0) is 14.3 Å². The molecule has 1 unspecified atom stereocenters. The van der Waals surface area contributed by atoms with Gasteiger partial charge in [-0.1, -0.05) is 0 Å². The van der Waals surface area contributed by atoms with Gasteiger partial charge < -0.3 is 9.64 Å². The number of ether oxygens (including phenoxy) is 1. The normalized spacial score (nSPS) is 19.6. The fourth-order valence-electron chi connectivity index (χ4n) is 1.81. The number of rotatable bonds is 4. The van der Waals surface area contributed by atoms with Crippen LogP contribution in [0.3, 0.4) is 0 Å². The Bertz CT molecular complexity index is 305. The maximum Gasteiger partial charge on any atom is 0.313 e. The van der Waals surface area contributed by atoms with E-state index < -0.39 is 5.97 Å². The maximum absolute atomic E-state index is 11.7. The number of nitrogens with zero attached hydrogens (tertiary/aromatic N) is 1. The first kappa shape index (κ1) is 12.7. The minimum Gasteiger partial charge on any atom is -0.466 e. The maximum atomic E-state index is 11.7. The molecule has 5 nitrogen and oxygen atoms in total. The molecule has 88 valence electrons. The number of hydrogen-bond acceptors (Lipinski definition) is 4. The van der Waals surface area contributed by atoms with Crippen LogP contribution in [0.25, 0.3) is 0 Å². The third kappa shape index (κ3) is 3.36. The molecule has 1 rings (SSSR count). The van der Waals surface area contributed by atoms with Crippen molar-refractivity contribution >= 4 is 25.4 Å². The van der Waals surface area contributed by atoms with E-state index in [4.69, 9.17) is 4.74 Å². The molecule has 1 saturated heterocycles. The zero-order valence-electron chi connectivity index (χ0n) is 9.69. The van der Waals surface area contributed by atoms with E-state index in [0.29, 0.717) is 19.5 Å². The van der Waals surface area contributed by atoms with Gasteiger partial charge >= 0.3 is 5.97 Å². The summed E-state index contributed by atoms with van der Waals surface area (Å²) in [4.78, 5) is 35.5. The van der Waals surface area contributed by atoms with Crippen molar-refractivity contribution in [1.29, 1.82) is 0 Å². The Labute approximate surface area is 95.5 Å². The van der Waals surface area contributed by atoms with Gasteiger partial charge in [-0.2, -0.15) is 0 Å². The highest BCUT2D eigenvalue weighted by Crippen LogP contribution is 2.18. The van der Waals surface area contributed by atoms with E-state index in [2.05, 4.69) is 0 Å². The highest BCUT2D eigenvalue weighted by Gasteiger charge is 2.30.